The number of hydrogen-bond acceptors (Lipinski definition) is 2. The largest absolute Gasteiger partial charge is 0.515 e. The summed E-state index contributed by atoms with van der Waals surface area (Å²) in [5, 5.41) is 9.41. The van der Waals surface area contributed by atoms with E-state index in [0.717, 1.165) is 0 Å². The van der Waals surface area contributed by atoms with E-state index in [1.54, 1.807) is 6.26 Å². The number of thioether (sulfide) groups is 1. The molecule has 0 saturated heterocycles. The van der Waals surface area contributed by atoms with Gasteiger partial charge in [-0.25, -0.2) is 0 Å². The average molecular weight is 91.2 g/mol. The fourth-order valence-electron chi connectivity index (χ4n) is 0.0527. The van der Waals surface area contributed by atoms with Crippen LogP contribution in [-0.2, 0) is 0 Å². The van der Waals surface area contributed by atoms with Gasteiger partial charge in [-0.2, -0.15) is 0 Å². The van der Waals surface area contributed by atoms with Crippen molar-refractivity contribution in [3.8, 4) is 0 Å². The van der Waals surface area contributed by atoms with Crippen molar-refractivity contribution in [1.82, 2.24) is 0 Å². The van der Waals surface area contributed by atoms with Gasteiger partial charge in [-0.3, -0.25) is 0 Å². The Hall–Kier alpha value is -0.110. The molecule has 0 bridgehead atoms. The second kappa shape index (κ2) is 3.89. The van der Waals surface area contributed by atoms with Gasteiger partial charge in [0.25, 0.3) is 0 Å². The number of aliphatic hydroxyl groups excluding tert-OH is 1. The lowest BCUT2D eigenvalue weighted by molar-refractivity contribution is 0.475. The summed E-state index contributed by atoms with van der Waals surface area (Å²) in [4.78, 5) is 0. The van der Waals surface area contributed by atoms with Gasteiger partial charge in [0.2, 0.25) is 0 Å². The van der Waals surface area contributed by atoms with Crippen LogP contribution in [0.2, 0.25) is 0 Å². The van der Waals surface area contributed by atoms with Crippen molar-refractivity contribution in [2.24, 2.45) is 0 Å². The Kier molecular flexibility index (Phi) is 2.41. The highest BCUT2D eigenvalue weighted by Crippen LogP contribution is 1.88. The maximum atomic E-state index is 8.06. The highest BCUT2D eigenvalue weighted by Gasteiger charge is 1.53. The third kappa shape index (κ3) is 3.89. The molecule has 0 aliphatic heterocycles. The number of hydrogen-bond donors (Lipinski definition) is 1. The Bertz CT molecular complexity index is 57.8. The second-order valence-corrected chi connectivity index (χ2v) is 1.19. The Morgan fingerprint density at radius 3 is 2.80 bits per heavy atom. The standard InChI is InChI=1S/C3H6OS/c1-5-3-2-4/h2-4H,1H3/b3-2+/i2D. The third-order valence-electron chi connectivity index (χ3n) is 0.171. The quantitative estimate of drug-likeness (QED) is 0.492. The van der Waals surface area contributed by atoms with Gasteiger partial charge in [0.05, 0.1) is 6.24 Å². The van der Waals surface area contributed by atoms with Crippen LogP contribution in [0.5, 0.6) is 0 Å². The summed E-state index contributed by atoms with van der Waals surface area (Å²) in [6.45, 7) is 0. The molecule has 0 fully saturated rings. The monoisotopic (exact) mass is 91.0 g/mol. The van der Waals surface area contributed by atoms with E-state index in [9.17, 15) is 0 Å². The first-order valence-electron chi connectivity index (χ1n) is 1.66. The van der Waals surface area contributed by atoms with E-state index in [1.807, 2.05) is 0 Å². The summed E-state index contributed by atoms with van der Waals surface area (Å²) >= 11 is 1.31. The first-order chi connectivity index (χ1) is 2.77. The van der Waals surface area contributed by atoms with E-state index >= 15 is 0 Å². The summed E-state index contributed by atoms with van der Waals surface area (Å²) in [6.07, 6.45) is 1.41. The molecule has 2 heteroatoms. The Balaban J connectivity index is 3.14. The third-order valence-corrected chi connectivity index (χ3v) is 0.512. The normalized spacial score (nSPS) is 14.6. The maximum absolute atomic E-state index is 8.06. The minimum absolute atomic E-state index is 0.373. The van der Waals surface area contributed by atoms with Gasteiger partial charge in [-0.1, -0.05) is 0 Å². The predicted octanol–water partition coefficient (Wildman–Crippen LogP) is 1.38. The van der Waals surface area contributed by atoms with Gasteiger partial charge in [0.1, 0.15) is 1.37 Å². The molecule has 0 atom stereocenters. The summed E-state index contributed by atoms with van der Waals surface area (Å²) in [5.41, 5.74) is 0. The van der Waals surface area contributed by atoms with E-state index in [4.69, 9.17) is 6.48 Å². The molecule has 0 spiro atoms. The molecule has 1 nitrogen and oxygen atoms in total. The lowest BCUT2D eigenvalue weighted by Gasteiger charge is -1.66. The van der Waals surface area contributed by atoms with Gasteiger partial charge >= 0.3 is 0 Å². The molecule has 0 amide bonds. The van der Waals surface area contributed by atoms with Crippen molar-refractivity contribution < 1.29 is 6.48 Å². The molecule has 1 N–H and O–H groups in total. The lowest BCUT2D eigenvalue weighted by Crippen LogP contribution is -1.41. The van der Waals surface area contributed by atoms with Crippen LogP contribution >= 0.6 is 11.8 Å². The molecule has 0 radical (unpaired) electrons. The molecule has 0 aliphatic carbocycles. The van der Waals surface area contributed by atoms with Crippen LogP contribution in [-0.4, -0.2) is 11.4 Å². The van der Waals surface area contributed by atoms with E-state index in [1.165, 1.54) is 17.2 Å². The van der Waals surface area contributed by atoms with Crippen LogP contribution in [0, 0.1) is 0 Å². The maximum Gasteiger partial charge on any atom is 0.104 e. The molecule has 0 aromatic rings. The average Bonchev–Trinajstić information content (AvgIpc) is 1.35. The van der Waals surface area contributed by atoms with E-state index in [0.29, 0.717) is 0 Å². The van der Waals surface area contributed by atoms with Crippen molar-refractivity contribution in [3.05, 3.63) is 11.6 Å². The van der Waals surface area contributed by atoms with Gasteiger partial charge < -0.3 is 5.11 Å². The molecule has 0 aliphatic rings. The summed E-state index contributed by atoms with van der Waals surface area (Å²) in [7, 11) is 0. The fraction of sp³-hybridized carbons (Fsp3) is 0.333. The first-order valence-corrected chi connectivity index (χ1v) is 2.44. The van der Waals surface area contributed by atoms with E-state index < -0.39 is 0 Å². The van der Waals surface area contributed by atoms with Crippen molar-refractivity contribution in [1.29, 1.82) is 0 Å². The minimum atomic E-state index is -0.373. The molecule has 0 aromatic heterocycles. The first kappa shape index (κ1) is 3.09. The predicted molar refractivity (Wildman–Crippen MR) is 25.3 cm³/mol. The Morgan fingerprint density at radius 1 is 2.20 bits per heavy atom. The number of aliphatic hydroxyl groups is 1. The van der Waals surface area contributed by atoms with Crippen molar-refractivity contribution in [3.63, 3.8) is 0 Å². The highest BCUT2D eigenvalue weighted by atomic mass is 32.2. The van der Waals surface area contributed by atoms with Gasteiger partial charge in [0, 0.05) is 5.41 Å². The molecule has 0 unspecified atom stereocenters. The summed E-state index contributed by atoms with van der Waals surface area (Å²) in [5.74, 6) is 0. The SMILES string of the molecule is [2H]/C(O)=C\SC. The lowest BCUT2D eigenvalue weighted by atomic mass is 11.2. The zero-order valence-electron chi connectivity index (χ0n) is 3.93. The van der Waals surface area contributed by atoms with Crippen molar-refractivity contribution in [2.75, 3.05) is 6.26 Å². The molecule has 30 valence electrons. The fourth-order valence-corrected chi connectivity index (χ4v) is 0.158. The zero-order chi connectivity index (χ0) is 4.99. The second-order valence-electron chi connectivity index (χ2n) is 0.483. The van der Waals surface area contributed by atoms with Crippen LogP contribution < -0.4 is 0 Å². The van der Waals surface area contributed by atoms with Crippen LogP contribution in [0.25, 0.3) is 0 Å². The van der Waals surface area contributed by atoms with E-state index in [-0.39, 0.29) is 6.24 Å². The summed E-state index contributed by atoms with van der Waals surface area (Å²) < 4.78 is 6.37. The molecular weight excluding hydrogens is 84.1 g/mol. The van der Waals surface area contributed by atoms with E-state index in [2.05, 4.69) is 0 Å². The molecule has 0 heterocycles. The van der Waals surface area contributed by atoms with Crippen molar-refractivity contribution in [2.45, 2.75) is 0 Å². The smallest absolute Gasteiger partial charge is 0.104 e. The molecule has 0 aromatic carbocycles. The zero-order valence-corrected chi connectivity index (χ0v) is 3.75. The topological polar surface area (TPSA) is 20.2 Å². The molecule has 5 heavy (non-hydrogen) atoms. The summed E-state index contributed by atoms with van der Waals surface area (Å²) in [6, 6.07) is 0. The number of rotatable bonds is 1. The highest BCUT2D eigenvalue weighted by molar-refractivity contribution is 8.01. The molecule has 0 saturated carbocycles. The Morgan fingerprint density at radius 2 is 2.80 bits per heavy atom. The van der Waals surface area contributed by atoms with Crippen LogP contribution in [0.4, 0.5) is 0 Å². The van der Waals surface area contributed by atoms with Crippen LogP contribution in [0.1, 0.15) is 1.37 Å². The minimum Gasteiger partial charge on any atom is -0.515 e. The van der Waals surface area contributed by atoms with Gasteiger partial charge in [0.15, 0.2) is 0 Å². The van der Waals surface area contributed by atoms with Crippen LogP contribution in [0.15, 0.2) is 11.6 Å². The van der Waals surface area contributed by atoms with Gasteiger partial charge in [-0.05, 0) is 6.26 Å². The molecular formula is C3H6OS. The Labute approximate surface area is 37.1 Å². The van der Waals surface area contributed by atoms with Crippen LogP contribution in [0.3, 0.4) is 0 Å². The van der Waals surface area contributed by atoms with Crippen molar-refractivity contribution >= 4 is 11.8 Å². The van der Waals surface area contributed by atoms with Gasteiger partial charge in [-0.15, -0.1) is 11.8 Å². The molecule has 0 rings (SSSR count).